The van der Waals surface area contributed by atoms with Gasteiger partial charge in [0.1, 0.15) is 0 Å². The van der Waals surface area contributed by atoms with Crippen LogP contribution in [0.2, 0.25) is 0 Å². The van der Waals surface area contributed by atoms with Crippen LogP contribution >= 0.6 is 0 Å². The summed E-state index contributed by atoms with van der Waals surface area (Å²) in [5.74, 6) is 0.460. The first-order chi connectivity index (χ1) is 17.2. The lowest BCUT2D eigenvalue weighted by atomic mass is 9.88. The van der Waals surface area contributed by atoms with Crippen LogP contribution in [-0.4, -0.2) is 42.5 Å². The fourth-order valence-corrected chi connectivity index (χ4v) is 5.43. The first kappa shape index (κ1) is 28.4. The third-order valence-corrected chi connectivity index (χ3v) is 7.16. The van der Waals surface area contributed by atoms with Crippen molar-refractivity contribution in [2.24, 2.45) is 5.92 Å². The van der Waals surface area contributed by atoms with E-state index in [2.05, 4.69) is 75.5 Å². The molecule has 2 aromatic carbocycles. The van der Waals surface area contributed by atoms with Gasteiger partial charge in [0, 0.05) is 18.5 Å². The molecule has 198 valence electrons. The Morgan fingerprint density at radius 1 is 1.14 bits per heavy atom. The van der Waals surface area contributed by atoms with E-state index >= 15 is 0 Å². The minimum absolute atomic E-state index is 0.0604. The van der Waals surface area contributed by atoms with Crippen molar-refractivity contribution in [3.05, 3.63) is 70.3 Å². The maximum Gasteiger partial charge on any atom is 0.306 e. The second-order valence-electron chi connectivity index (χ2n) is 10.9. The summed E-state index contributed by atoms with van der Waals surface area (Å²) < 4.78 is 11.3. The summed E-state index contributed by atoms with van der Waals surface area (Å²) in [6, 6.07) is 15.1. The van der Waals surface area contributed by atoms with Crippen LogP contribution in [0, 0.1) is 12.8 Å². The van der Waals surface area contributed by atoms with Crippen molar-refractivity contribution < 1.29 is 19.4 Å². The number of nitrogens with one attached hydrogen (secondary N) is 1. The monoisotopic (exact) mass is 495 g/mol. The van der Waals surface area contributed by atoms with Crippen molar-refractivity contribution in [3.8, 4) is 0 Å². The van der Waals surface area contributed by atoms with Crippen LogP contribution < -0.4 is 5.32 Å². The quantitative estimate of drug-likeness (QED) is 0.339. The zero-order chi connectivity index (χ0) is 26.1. The molecule has 0 heterocycles. The highest BCUT2D eigenvalue weighted by Crippen LogP contribution is 2.32. The highest BCUT2D eigenvalue weighted by Gasteiger charge is 2.28. The van der Waals surface area contributed by atoms with E-state index in [1.165, 1.54) is 11.1 Å². The summed E-state index contributed by atoms with van der Waals surface area (Å²) in [7, 11) is 0. The third-order valence-electron chi connectivity index (χ3n) is 7.16. The van der Waals surface area contributed by atoms with Crippen LogP contribution in [0.15, 0.2) is 42.5 Å². The van der Waals surface area contributed by atoms with E-state index in [0.29, 0.717) is 31.9 Å². The van der Waals surface area contributed by atoms with Crippen molar-refractivity contribution in [1.29, 1.82) is 0 Å². The van der Waals surface area contributed by atoms with E-state index in [-0.39, 0.29) is 24.2 Å². The van der Waals surface area contributed by atoms with Gasteiger partial charge in [0.2, 0.25) is 0 Å². The number of aryl methyl sites for hydroxylation is 2. The molecule has 0 fully saturated rings. The molecular weight excluding hydrogens is 450 g/mol. The van der Waals surface area contributed by atoms with Gasteiger partial charge in [-0.2, -0.15) is 0 Å². The number of benzene rings is 2. The Balaban J connectivity index is 1.49. The minimum Gasteiger partial charge on any atom is -0.466 e. The normalized spacial score (nSPS) is 15.5. The Morgan fingerprint density at radius 3 is 2.47 bits per heavy atom. The molecule has 0 bridgehead atoms. The summed E-state index contributed by atoms with van der Waals surface area (Å²) in [6.07, 6.45) is 4.41. The van der Waals surface area contributed by atoms with E-state index in [1.54, 1.807) is 0 Å². The summed E-state index contributed by atoms with van der Waals surface area (Å²) >= 11 is 0. The predicted molar refractivity (Wildman–Crippen MR) is 145 cm³/mol. The third kappa shape index (κ3) is 8.43. The molecule has 2 atom stereocenters. The molecule has 5 heteroatoms. The maximum absolute atomic E-state index is 11.9. The summed E-state index contributed by atoms with van der Waals surface area (Å²) in [5.41, 5.74) is 6.26. The molecule has 0 aromatic heterocycles. The molecule has 0 unspecified atom stereocenters. The number of rotatable bonds is 14. The smallest absolute Gasteiger partial charge is 0.306 e. The van der Waals surface area contributed by atoms with Crippen LogP contribution in [0.5, 0.6) is 0 Å². The highest BCUT2D eigenvalue weighted by molar-refractivity contribution is 5.69. The van der Waals surface area contributed by atoms with Crippen LogP contribution in [0.1, 0.15) is 80.9 Å². The molecule has 0 amide bonds. The number of aliphatic hydroxyl groups is 1. The number of fused-ring (bicyclic) bond motifs is 1. The van der Waals surface area contributed by atoms with Crippen LogP contribution in [-0.2, 0) is 33.5 Å². The molecule has 2 aromatic rings. The second kappa shape index (κ2) is 13.4. The number of hydrogen-bond acceptors (Lipinski definition) is 5. The SMILES string of the molecule is CCOC(=O)CCc1cc(C)ccc1[C@@H](CC)OC[C@H](O)CNC(C)(C)CC1Cc2ccccc2C1. The number of carbonyl (C=O) groups is 1. The largest absolute Gasteiger partial charge is 0.466 e. The van der Waals surface area contributed by atoms with Crippen molar-refractivity contribution in [2.45, 2.75) is 90.9 Å². The number of carbonyl (C=O) groups excluding carboxylic acids is 1. The number of ether oxygens (including phenoxy) is 2. The van der Waals surface area contributed by atoms with Crippen LogP contribution in [0.3, 0.4) is 0 Å². The average molecular weight is 496 g/mol. The molecule has 0 radical (unpaired) electrons. The number of aliphatic hydroxyl groups excluding tert-OH is 1. The second-order valence-corrected chi connectivity index (χ2v) is 10.9. The Labute approximate surface area is 217 Å². The van der Waals surface area contributed by atoms with Gasteiger partial charge < -0.3 is 19.9 Å². The molecule has 0 saturated heterocycles. The van der Waals surface area contributed by atoms with Gasteiger partial charge in [-0.25, -0.2) is 0 Å². The molecule has 0 spiro atoms. The van der Waals surface area contributed by atoms with E-state index < -0.39 is 6.10 Å². The predicted octanol–water partition coefficient (Wildman–Crippen LogP) is 5.49. The molecule has 1 aliphatic rings. The lowest BCUT2D eigenvalue weighted by molar-refractivity contribution is -0.143. The van der Waals surface area contributed by atoms with Crippen LogP contribution in [0.4, 0.5) is 0 Å². The van der Waals surface area contributed by atoms with Crippen LogP contribution in [0.25, 0.3) is 0 Å². The van der Waals surface area contributed by atoms with Gasteiger partial charge in [-0.1, -0.05) is 55.0 Å². The van der Waals surface area contributed by atoms with Crippen molar-refractivity contribution >= 4 is 5.97 Å². The summed E-state index contributed by atoms with van der Waals surface area (Å²) in [6.45, 7) is 11.6. The molecule has 0 saturated carbocycles. The van der Waals surface area contributed by atoms with Crippen molar-refractivity contribution in [2.75, 3.05) is 19.8 Å². The van der Waals surface area contributed by atoms with Gasteiger partial charge in [0.15, 0.2) is 0 Å². The van der Waals surface area contributed by atoms with Crippen molar-refractivity contribution in [3.63, 3.8) is 0 Å². The molecule has 5 nitrogen and oxygen atoms in total. The maximum atomic E-state index is 11.9. The Kier molecular flexibility index (Phi) is 10.5. The minimum atomic E-state index is -0.590. The zero-order valence-electron chi connectivity index (χ0n) is 22.8. The van der Waals surface area contributed by atoms with E-state index in [1.807, 2.05) is 6.92 Å². The Bertz CT molecular complexity index is 961. The lowest BCUT2D eigenvalue weighted by Gasteiger charge is -2.31. The number of hydrogen-bond donors (Lipinski definition) is 2. The van der Waals surface area contributed by atoms with Gasteiger partial charge >= 0.3 is 5.97 Å². The molecule has 2 N–H and O–H groups in total. The molecule has 0 aliphatic heterocycles. The molecule has 3 rings (SSSR count). The average Bonchev–Trinajstić information content (AvgIpc) is 3.24. The van der Waals surface area contributed by atoms with Gasteiger partial charge in [-0.3, -0.25) is 4.79 Å². The standard InChI is InChI=1S/C31H45NO4/c1-6-29(28-14-12-22(3)16-26(28)13-15-30(34)35-7-2)36-21-27(33)20-32-31(4,5)19-23-17-24-10-8-9-11-25(24)18-23/h8-12,14,16,23,27,29,32-33H,6-7,13,15,17-21H2,1-5H3/t27-,29-/m1/s1. The molecule has 1 aliphatic carbocycles. The fraction of sp³-hybridized carbons (Fsp3) is 0.581. The first-order valence-corrected chi connectivity index (χ1v) is 13.6. The van der Waals surface area contributed by atoms with Crippen molar-refractivity contribution in [1.82, 2.24) is 5.32 Å². The first-order valence-electron chi connectivity index (χ1n) is 13.6. The molecular formula is C31H45NO4. The zero-order valence-corrected chi connectivity index (χ0v) is 22.8. The highest BCUT2D eigenvalue weighted by atomic mass is 16.5. The Morgan fingerprint density at radius 2 is 1.83 bits per heavy atom. The van der Waals surface area contributed by atoms with Gasteiger partial charge in [0.05, 0.1) is 25.4 Å². The van der Waals surface area contributed by atoms with Gasteiger partial charge in [-0.05, 0) is 88.0 Å². The van der Waals surface area contributed by atoms with E-state index in [4.69, 9.17) is 9.47 Å². The fourth-order valence-electron chi connectivity index (χ4n) is 5.43. The van der Waals surface area contributed by atoms with E-state index in [9.17, 15) is 9.90 Å². The topological polar surface area (TPSA) is 67.8 Å². The van der Waals surface area contributed by atoms with Gasteiger partial charge in [0.25, 0.3) is 0 Å². The van der Waals surface area contributed by atoms with Gasteiger partial charge in [-0.15, -0.1) is 0 Å². The summed E-state index contributed by atoms with van der Waals surface area (Å²) in [5, 5.41) is 14.3. The Hall–Kier alpha value is -2.21. The number of esters is 1. The number of β-amino-alcohol motifs (C(OH)–C–C–N with tert-alkyl or cyclic N) is 1. The van der Waals surface area contributed by atoms with E-state index in [0.717, 1.165) is 42.4 Å². The summed E-state index contributed by atoms with van der Waals surface area (Å²) in [4.78, 5) is 11.9. The molecule has 36 heavy (non-hydrogen) atoms. The lowest BCUT2D eigenvalue weighted by Crippen LogP contribution is -2.45.